The second kappa shape index (κ2) is 6.67. The number of alkyl halides is 3. The molecule has 7 heteroatoms. The van der Waals surface area contributed by atoms with Crippen LogP contribution in [0.15, 0.2) is 52.3 Å². The minimum absolute atomic E-state index is 0.0215. The summed E-state index contributed by atoms with van der Waals surface area (Å²) < 4.78 is 40.4. The van der Waals surface area contributed by atoms with Crippen molar-refractivity contribution >= 4 is 29.2 Å². The quantitative estimate of drug-likeness (QED) is 0.637. The maximum absolute atomic E-state index is 13.5. The average molecular weight is 335 g/mol. The summed E-state index contributed by atoms with van der Waals surface area (Å²) in [6, 6.07) is 10.8. The molecule has 0 saturated heterocycles. The first kappa shape index (κ1) is 16.8. The summed E-state index contributed by atoms with van der Waals surface area (Å²) in [7, 11) is 0. The molecule has 0 aliphatic heterocycles. The SMILES string of the molecule is N#C/C=C\c1ccc(N)c(Sc2ccc(N)cc2)c1C(F)(F)F. The lowest BCUT2D eigenvalue weighted by atomic mass is 10.1. The molecule has 0 aliphatic rings. The van der Waals surface area contributed by atoms with Gasteiger partial charge in [-0.25, -0.2) is 0 Å². The normalized spacial score (nSPS) is 11.6. The number of rotatable bonds is 3. The van der Waals surface area contributed by atoms with Gasteiger partial charge in [0.05, 0.1) is 11.6 Å². The van der Waals surface area contributed by atoms with E-state index in [1.807, 2.05) is 0 Å². The molecule has 3 nitrogen and oxygen atoms in total. The van der Waals surface area contributed by atoms with Crippen LogP contribution < -0.4 is 11.5 Å². The van der Waals surface area contributed by atoms with Gasteiger partial charge in [0.25, 0.3) is 0 Å². The van der Waals surface area contributed by atoms with E-state index in [1.165, 1.54) is 12.1 Å². The summed E-state index contributed by atoms with van der Waals surface area (Å²) in [4.78, 5) is 0.486. The number of hydrogen-bond acceptors (Lipinski definition) is 4. The van der Waals surface area contributed by atoms with Gasteiger partial charge in [-0.05, 0) is 42.0 Å². The fourth-order valence-electron chi connectivity index (χ4n) is 1.94. The Labute approximate surface area is 135 Å². The van der Waals surface area contributed by atoms with E-state index in [0.717, 1.165) is 23.9 Å². The fraction of sp³-hybridized carbons (Fsp3) is 0.0625. The number of anilines is 2. The van der Waals surface area contributed by atoms with E-state index in [1.54, 1.807) is 30.3 Å². The molecule has 118 valence electrons. The van der Waals surface area contributed by atoms with Gasteiger partial charge >= 0.3 is 6.18 Å². The molecule has 0 aromatic heterocycles. The van der Waals surface area contributed by atoms with E-state index in [2.05, 4.69) is 0 Å². The Hall–Kier alpha value is -2.59. The highest BCUT2D eigenvalue weighted by atomic mass is 32.2. The van der Waals surface area contributed by atoms with Gasteiger partial charge in [0.15, 0.2) is 0 Å². The van der Waals surface area contributed by atoms with Gasteiger partial charge in [-0.1, -0.05) is 17.8 Å². The third-order valence-corrected chi connectivity index (χ3v) is 4.09. The Balaban J connectivity index is 2.58. The number of nitrogens with zero attached hydrogens (tertiary/aromatic N) is 1. The molecule has 2 aromatic carbocycles. The van der Waals surface area contributed by atoms with Crippen molar-refractivity contribution in [2.45, 2.75) is 16.0 Å². The maximum Gasteiger partial charge on any atom is 0.418 e. The second-order valence-corrected chi connectivity index (χ2v) is 5.66. The molecule has 0 bridgehead atoms. The molecule has 0 unspecified atom stereocenters. The number of nitriles is 1. The van der Waals surface area contributed by atoms with Gasteiger partial charge in [-0.15, -0.1) is 0 Å². The van der Waals surface area contributed by atoms with E-state index in [-0.39, 0.29) is 16.1 Å². The van der Waals surface area contributed by atoms with E-state index >= 15 is 0 Å². The predicted octanol–water partition coefficient (Wildman–Crippen LogP) is 4.56. The molecule has 2 aromatic rings. The molecule has 0 fully saturated rings. The molecule has 4 N–H and O–H groups in total. The van der Waals surface area contributed by atoms with Crippen LogP contribution in [0, 0.1) is 11.3 Å². The Morgan fingerprint density at radius 1 is 1.04 bits per heavy atom. The molecule has 0 radical (unpaired) electrons. The Kier molecular flexibility index (Phi) is 4.86. The fourth-order valence-corrected chi connectivity index (χ4v) is 2.97. The molecule has 0 saturated carbocycles. The largest absolute Gasteiger partial charge is 0.418 e. The summed E-state index contributed by atoms with van der Waals surface area (Å²) in [5.41, 5.74) is 10.9. The van der Waals surface area contributed by atoms with E-state index < -0.39 is 11.7 Å². The zero-order valence-corrected chi connectivity index (χ0v) is 12.6. The summed E-state index contributed by atoms with van der Waals surface area (Å²) in [6.07, 6.45) is -2.48. The van der Waals surface area contributed by atoms with Crippen molar-refractivity contribution in [2.75, 3.05) is 11.5 Å². The zero-order chi connectivity index (χ0) is 17.0. The smallest absolute Gasteiger partial charge is 0.399 e. The van der Waals surface area contributed by atoms with Crippen molar-refractivity contribution in [1.82, 2.24) is 0 Å². The predicted molar refractivity (Wildman–Crippen MR) is 85.5 cm³/mol. The number of nitrogen functional groups attached to an aromatic ring is 2. The Bertz CT molecular complexity index is 775. The van der Waals surface area contributed by atoms with Crippen molar-refractivity contribution in [3.8, 4) is 6.07 Å². The highest BCUT2D eigenvalue weighted by molar-refractivity contribution is 7.99. The molecule has 0 atom stereocenters. The molecule has 2 rings (SSSR count). The lowest BCUT2D eigenvalue weighted by Gasteiger charge is -2.17. The minimum Gasteiger partial charge on any atom is -0.399 e. The lowest BCUT2D eigenvalue weighted by Crippen LogP contribution is -2.11. The van der Waals surface area contributed by atoms with Crippen LogP contribution in [0.5, 0.6) is 0 Å². The van der Waals surface area contributed by atoms with Gasteiger partial charge in [0.2, 0.25) is 0 Å². The van der Waals surface area contributed by atoms with Crippen molar-refractivity contribution in [3.05, 3.63) is 53.6 Å². The Morgan fingerprint density at radius 3 is 2.26 bits per heavy atom. The zero-order valence-electron chi connectivity index (χ0n) is 11.8. The van der Waals surface area contributed by atoms with Crippen molar-refractivity contribution < 1.29 is 13.2 Å². The van der Waals surface area contributed by atoms with E-state index in [4.69, 9.17) is 16.7 Å². The number of nitrogens with two attached hydrogens (primary N) is 2. The number of benzene rings is 2. The lowest BCUT2D eigenvalue weighted by molar-refractivity contribution is -0.139. The van der Waals surface area contributed by atoms with Crippen LogP contribution in [0.1, 0.15) is 11.1 Å². The monoisotopic (exact) mass is 335 g/mol. The molecule has 0 amide bonds. The standard InChI is InChI=1S/C16H12F3N3S/c17-16(18,19)14-10(2-1-9-20)3-8-13(22)15(14)23-12-6-4-11(21)5-7-12/h1-8H,21-22H2/b2-1-. The van der Waals surface area contributed by atoms with Crippen LogP contribution in [0.3, 0.4) is 0 Å². The van der Waals surface area contributed by atoms with Crippen LogP contribution in [0.2, 0.25) is 0 Å². The van der Waals surface area contributed by atoms with Gasteiger partial charge in [-0.2, -0.15) is 18.4 Å². The van der Waals surface area contributed by atoms with E-state index in [9.17, 15) is 13.2 Å². The number of halogens is 3. The molecular formula is C16H12F3N3S. The second-order valence-electron chi connectivity index (χ2n) is 4.58. The molecule has 23 heavy (non-hydrogen) atoms. The van der Waals surface area contributed by atoms with Crippen LogP contribution in [0.4, 0.5) is 24.5 Å². The Morgan fingerprint density at radius 2 is 1.70 bits per heavy atom. The van der Waals surface area contributed by atoms with Crippen LogP contribution in [-0.2, 0) is 6.18 Å². The molecule has 0 heterocycles. The van der Waals surface area contributed by atoms with Gasteiger partial charge in [0.1, 0.15) is 0 Å². The topological polar surface area (TPSA) is 75.8 Å². The van der Waals surface area contributed by atoms with Crippen LogP contribution in [-0.4, -0.2) is 0 Å². The van der Waals surface area contributed by atoms with Crippen LogP contribution >= 0.6 is 11.8 Å². The third-order valence-electron chi connectivity index (χ3n) is 2.94. The number of hydrogen-bond donors (Lipinski definition) is 2. The van der Waals surface area contributed by atoms with Crippen LogP contribution in [0.25, 0.3) is 6.08 Å². The minimum atomic E-state index is -4.60. The highest BCUT2D eigenvalue weighted by Crippen LogP contribution is 2.44. The number of allylic oxidation sites excluding steroid dienone is 1. The summed E-state index contributed by atoms with van der Waals surface area (Å²) in [5, 5.41) is 8.55. The molecule has 0 aliphatic carbocycles. The van der Waals surface area contributed by atoms with Crippen molar-refractivity contribution in [3.63, 3.8) is 0 Å². The first-order chi connectivity index (χ1) is 10.8. The van der Waals surface area contributed by atoms with Gasteiger partial charge in [-0.3, -0.25) is 0 Å². The van der Waals surface area contributed by atoms with Crippen molar-refractivity contribution in [1.29, 1.82) is 5.26 Å². The highest BCUT2D eigenvalue weighted by Gasteiger charge is 2.36. The van der Waals surface area contributed by atoms with Crippen molar-refractivity contribution in [2.24, 2.45) is 0 Å². The first-order valence-electron chi connectivity index (χ1n) is 6.42. The van der Waals surface area contributed by atoms with Gasteiger partial charge in [0, 0.05) is 27.2 Å². The maximum atomic E-state index is 13.5. The molecule has 0 spiro atoms. The summed E-state index contributed by atoms with van der Waals surface area (Å²) in [5.74, 6) is 0. The molecular weight excluding hydrogens is 323 g/mol. The summed E-state index contributed by atoms with van der Waals surface area (Å²) >= 11 is 0.907. The first-order valence-corrected chi connectivity index (χ1v) is 7.24. The average Bonchev–Trinajstić information content (AvgIpc) is 2.48. The summed E-state index contributed by atoms with van der Waals surface area (Å²) in [6.45, 7) is 0. The van der Waals surface area contributed by atoms with Gasteiger partial charge < -0.3 is 11.5 Å². The van der Waals surface area contributed by atoms with E-state index in [0.29, 0.717) is 10.6 Å². The third kappa shape index (κ3) is 3.99.